The summed E-state index contributed by atoms with van der Waals surface area (Å²) < 4.78 is 8.33. The molecule has 9 heteroatoms. The van der Waals surface area contributed by atoms with Gasteiger partial charge in [0.2, 0.25) is 0 Å². The summed E-state index contributed by atoms with van der Waals surface area (Å²) >= 11 is 6.28. The number of likely N-dealkylation sites (tertiary alicyclic amines) is 1. The zero-order chi connectivity index (χ0) is 27.9. The Morgan fingerprint density at radius 2 is 1.82 bits per heavy atom. The number of halogens is 1. The van der Waals surface area contributed by atoms with E-state index in [9.17, 15) is 19.5 Å². The molecule has 0 aliphatic carbocycles. The lowest BCUT2D eigenvalue weighted by atomic mass is 9.87. The summed E-state index contributed by atoms with van der Waals surface area (Å²) in [5.41, 5.74) is 2.89. The molecule has 0 radical (unpaired) electrons. The maximum Gasteiger partial charge on any atom is 0.416 e. The van der Waals surface area contributed by atoms with E-state index in [0.29, 0.717) is 36.4 Å². The van der Waals surface area contributed by atoms with Crippen molar-refractivity contribution < 1.29 is 19.4 Å². The number of carboxylic acid groups (broad SMARTS) is 1. The number of benzene rings is 1. The smallest absolute Gasteiger partial charge is 0.416 e. The van der Waals surface area contributed by atoms with Crippen LogP contribution < -0.4 is 5.56 Å². The summed E-state index contributed by atoms with van der Waals surface area (Å²) in [5, 5.41) is 11.2. The van der Waals surface area contributed by atoms with E-state index in [-0.39, 0.29) is 28.5 Å². The van der Waals surface area contributed by atoms with Crippen LogP contribution in [0.1, 0.15) is 77.3 Å². The number of aromatic nitrogens is 2. The zero-order valence-corrected chi connectivity index (χ0v) is 23.6. The molecule has 3 heterocycles. The number of aryl methyl sites for hydroxylation is 1. The molecule has 1 aliphatic heterocycles. The third-order valence-corrected chi connectivity index (χ3v) is 7.34. The van der Waals surface area contributed by atoms with Crippen molar-refractivity contribution in [3.63, 3.8) is 0 Å². The highest BCUT2D eigenvalue weighted by molar-refractivity contribution is 6.30. The Labute approximate surface area is 227 Å². The summed E-state index contributed by atoms with van der Waals surface area (Å²) in [6.45, 7) is 13.1. The van der Waals surface area contributed by atoms with Gasteiger partial charge in [-0.25, -0.2) is 14.2 Å². The van der Waals surface area contributed by atoms with Gasteiger partial charge in [0.25, 0.3) is 5.56 Å². The Bertz CT molecular complexity index is 1440. The van der Waals surface area contributed by atoms with Gasteiger partial charge < -0.3 is 19.3 Å². The quantitative estimate of drug-likeness (QED) is 0.387. The van der Waals surface area contributed by atoms with Crippen LogP contribution in [0.3, 0.4) is 0 Å². The standard InChI is InChI=1S/C29H36ClN3O5/c1-7-31-16-20(15-22(30)26(31)34)25-24(17(2)3)21-14-19(8-9-23(21)33(25)27(35)36)18-10-12-32(13-11-18)28(37)38-29(4,5)6/h8-9,14-18H,7,10-13H2,1-6H3,(H,35,36). The van der Waals surface area contributed by atoms with Gasteiger partial charge in [-0.1, -0.05) is 31.5 Å². The van der Waals surface area contributed by atoms with E-state index in [1.54, 1.807) is 17.2 Å². The highest BCUT2D eigenvalue weighted by atomic mass is 35.5. The third-order valence-electron chi connectivity index (χ3n) is 7.07. The van der Waals surface area contributed by atoms with Crippen molar-refractivity contribution in [2.24, 2.45) is 0 Å². The molecule has 0 saturated carbocycles. The second-order valence-electron chi connectivity index (χ2n) is 11.2. The van der Waals surface area contributed by atoms with E-state index < -0.39 is 11.7 Å². The Kier molecular flexibility index (Phi) is 7.66. The van der Waals surface area contributed by atoms with E-state index >= 15 is 0 Å². The number of hydrogen-bond acceptors (Lipinski definition) is 4. The Morgan fingerprint density at radius 1 is 1.16 bits per heavy atom. The van der Waals surface area contributed by atoms with Crippen LogP contribution in [0, 0.1) is 0 Å². The van der Waals surface area contributed by atoms with Crippen molar-refractivity contribution in [1.29, 1.82) is 0 Å². The summed E-state index contributed by atoms with van der Waals surface area (Å²) in [4.78, 5) is 39.2. The fourth-order valence-electron chi connectivity index (χ4n) is 5.34. The first-order chi connectivity index (χ1) is 17.8. The summed E-state index contributed by atoms with van der Waals surface area (Å²) in [6, 6.07) is 7.51. The molecule has 1 aliphatic rings. The number of pyridine rings is 1. The molecular weight excluding hydrogens is 506 g/mol. The topological polar surface area (TPSA) is 93.8 Å². The average Bonchev–Trinajstić information content (AvgIpc) is 3.19. The first-order valence-corrected chi connectivity index (χ1v) is 13.5. The second-order valence-corrected chi connectivity index (χ2v) is 11.6. The molecule has 1 fully saturated rings. The lowest BCUT2D eigenvalue weighted by Gasteiger charge is -2.33. The van der Waals surface area contributed by atoms with E-state index in [0.717, 1.165) is 29.4 Å². The minimum atomic E-state index is -1.10. The molecule has 2 aromatic heterocycles. The maximum absolute atomic E-state index is 12.5. The van der Waals surface area contributed by atoms with Crippen molar-refractivity contribution in [3.8, 4) is 11.3 Å². The number of piperidine rings is 1. The third kappa shape index (κ3) is 5.32. The SMILES string of the molecule is CCn1cc(-c2c(C(C)C)c3cc(C4CCN(C(=O)OC(C)(C)C)CC4)ccc3n2C(=O)O)cc(Cl)c1=O. The number of ether oxygens (including phenoxy) is 1. The Balaban J connectivity index is 1.77. The van der Waals surface area contributed by atoms with Crippen LogP contribution in [0.5, 0.6) is 0 Å². The molecule has 1 aromatic carbocycles. The van der Waals surface area contributed by atoms with E-state index in [1.165, 1.54) is 9.13 Å². The van der Waals surface area contributed by atoms with Gasteiger partial charge in [0.15, 0.2) is 0 Å². The van der Waals surface area contributed by atoms with Gasteiger partial charge in [0.1, 0.15) is 10.6 Å². The molecule has 4 rings (SSSR count). The van der Waals surface area contributed by atoms with Gasteiger partial charge in [0.05, 0.1) is 11.2 Å². The number of fused-ring (bicyclic) bond motifs is 1. The molecule has 1 N–H and O–H groups in total. The van der Waals surface area contributed by atoms with Crippen molar-refractivity contribution in [2.45, 2.75) is 78.4 Å². The van der Waals surface area contributed by atoms with Crippen LogP contribution in [0.25, 0.3) is 22.2 Å². The molecule has 1 amide bonds. The summed E-state index contributed by atoms with van der Waals surface area (Å²) in [5.74, 6) is 0.254. The van der Waals surface area contributed by atoms with Crippen LogP contribution in [-0.2, 0) is 11.3 Å². The number of amides is 1. The van der Waals surface area contributed by atoms with Crippen molar-refractivity contribution in [3.05, 3.63) is 57.0 Å². The van der Waals surface area contributed by atoms with Crippen molar-refractivity contribution in [1.82, 2.24) is 14.0 Å². The Morgan fingerprint density at radius 3 is 2.37 bits per heavy atom. The molecule has 204 valence electrons. The lowest BCUT2D eigenvalue weighted by molar-refractivity contribution is 0.0205. The van der Waals surface area contributed by atoms with Gasteiger partial charge in [-0.15, -0.1) is 0 Å². The number of rotatable bonds is 4. The number of carbonyl (C=O) groups is 2. The first-order valence-electron chi connectivity index (χ1n) is 13.1. The van der Waals surface area contributed by atoms with Crippen LogP contribution in [0.15, 0.2) is 35.3 Å². The van der Waals surface area contributed by atoms with Crippen LogP contribution >= 0.6 is 11.6 Å². The minimum Gasteiger partial charge on any atom is -0.464 e. The molecule has 0 unspecified atom stereocenters. The molecule has 0 spiro atoms. The van der Waals surface area contributed by atoms with E-state index in [4.69, 9.17) is 16.3 Å². The van der Waals surface area contributed by atoms with Gasteiger partial charge in [-0.05, 0) is 81.7 Å². The maximum atomic E-state index is 12.5. The van der Waals surface area contributed by atoms with Crippen molar-refractivity contribution >= 4 is 34.7 Å². The molecule has 38 heavy (non-hydrogen) atoms. The largest absolute Gasteiger partial charge is 0.464 e. The minimum absolute atomic E-state index is 0.0122. The monoisotopic (exact) mass is 541 g/mol. The predicted molar refractivity (Wildman–Crippen MR) is 150 cm³/mol. The fraction of sp³-hybridized carbons (Fsp3) is 0.483. The summed E-state index contributed by atoms with van der Waals surface area (Å²) in [7, 11) is 0. The van der Waals surface area contributed by atoms with Gasteiger partial charge >= 0.3 is 12.2 Å². The first kappa shape index (κ1) is 27.8. The Hall–Kier alpha value is -3.26. The lowest BCUT2D eigenvalue weighted by Crippen LogP contribution is -2.41. The average molecular weight is 542 g/mol. The van der Waals surface area contributed by atoms with Crippen LogP contribution in [-0.4, -0.2) is 50.0 Å². The second kappa shape index (κ2) is 10.5. The molecule has 0 bridgehead atoms. The normalized spacial score (nSPS) is 14.9. The van der Waals surface area contributed by atoms with Gasteiger partial charge in [-0.3, -0.25) is 4.79 Å². The van der Waals surface area contributed by atoms with Crippen LogP contribution in [0.4, 0.5) is 9.59 Å². The fourth-order valence-corrected chi connectivity index (χ4v) is 5.57. The molecule has 1 saturated heterocycles. The highest BCUT2D eigenvalue weighted by Crippen LogP contribution is 2.41. The summed E-state index contributed by atoms with van der Waals surface area (Å²) in [6.07, 6.45) is 1.89. The predicted octanol–water partition coefficient (Wildman–Crippen LogP) is 6.91. The van der Waals surface area contributed by atoms with Gasteiger partial charge in [-0.2, -0.15) is 0 Å². The van der Waals surface area contributed by atoms with Gasteiger partial charge in [0, 0.05) is 36.8 Å². The number of nitrogens with zero attached hydrogens (tertiary/aromatic N) is 3. The molecular formula is C29H36ClN3O5. The zero-order valence-electron chi connectivity index (χ0n) is 22.9. The highest BCUT2D eigenvalue weighted by Gasteiger charge is 2.29. The molecule has 8 nitrogen and oxygen atoms in total. The number of carbonyl (C=O) groups excluding carboxylic acids is 1. The van der Waals surface area contributed by atoms with Crippen molar-refractivity contribution in [2.75, 3.05) is 13.1 Å². The van der Waals surface area contributed by atoms with E-state index in [2.05, 4.69) is 6.07 Å². The van der Waals surface area contributed by atoms with Crippen LogP contribution in [0.2, 0.25) is 5.02 Å². The molecule has 0 atom stereocenters. The van der Waals surface area contributed by atoms with E-state index in [1.807, 2.05) is 53.7 Å². The number of hydrogen-bond donors (Lipinski definition) is 1. The molecule has 3 aromatic rings.